The van der Waals surface area contributed by atoms with E-state index in [9.17, 15) is 15.3 Å². The molecule has 0 aromatic heterocycles. The first-order chi connectivity index (χ1) is 17.3. The molecule has 2 rings (SSSR count). The SMILES string of the molecule is CC(CCO)CC(O)CN(CCc1ccc(-c2ccc(CCN)cc2)cc1)CC(O)CC(O)CCO. The lowest BCUT2D eigenvalue weighted by Crippen LogP contribution is -2.40. The highest BCUT2D eigenvalue weighted by atomic mass is 16.3. The number of aliphatic hydroxyl groups excluding tert-OH is 5. The largest absolute Gasteiger partial charge is 0.396 e. The molecule has 0 aliphatic rings. The molecule has 36 heavy (non-hydrogen) atoms. The van der Waals surface area contributed by atoms with Crippen LogP contribution in [0.15, 0.2) is 48.5 Å². The minimum absolute atomic E-state index is 0.104. The summed E-state index contributed by atoms with van der Waals surface area (Å²) < 4.78 is 0. The molecule has 2 aromatic rings. The predicted molar refractivity (Wildman–Crippen MR) is 145 cm³/mol. The Bertz CT molecular complexity index is 809. The summed E-state index contributed by atoms with van der Waals surface area (Å²) in [5.74, 6) is 0.208. The third-order valence-corrected chi connectivity index (χ3v) is 6.63. The zero-order chi connectivity index (χ0) is 26.3. The van der Waals surface area contributed by atoms with Crippen LogP contribution in [0.25, 0.3) is 11.1 Å². The van der Waals surface area contributed by atoms with Crippen molar-refractivity contribution in [1.29, 1.82) is 0 Å². The van der Waals surface area contributed by atoms with Gasteiger partial charge in [-0.3, -0.25) is 4.90 Å². The Morgan fingerprint density at radius 1 is 0.694 bits per heavy atom. The summed E-state index contributed by atoms with van der Waals surface area (Å²) in [5, 5.41) is 49.2. The molecule has 0 amide bonds. The highest BCUT2D eigenvalue weighted by Crippen LogP contribution is 2.21. The van der Waals surface area contributed by atoms with Crippen molar-refractivity contribution >= 4 is 0 Å². The summed E-state index contributed by atoms with van der Waals surface area (Å²) in [6, 6.07) is 16.9. The minimum atomic E-state index is -0.752. The molecule has 0 fully saturated rings. The molecule has 0 saturated heterocycles. The van der Waals surface area contributed by atoms with E-state index in [4.69, 9.17) is 15.9 Å². The van der Waals surface area contributed by atoms with Crippen LogP contribution in [0.5, 0.6) is 0 Å². The van der Waals surface area contributed by atoms with Crippen LogP contribution in [-0.2, 0) is 12.8 Å². The molecule has 0 aliphatic heterocycles. The molecule has 4 unspecified atom stereocenters. The summed E-state index contributed by atoms with van der Waals surface area (Å²) in [6.07, 6.45) is 1.23. The monoisotopic (exact) mass is 502 g/mol. The molecule has 0 spiro atoms. The number of hydrogen-bond donors (Lipinski definition) is 6. The van der Waals surface area contributed by atoms with Crippen molar-refractivity contribution in [3.05, 3.63) is 59.7 Å². The van der Waals surface area contributed by atoms with Crippen molar-refractivity contribution in [3.63, 3.8) is 0 Å². The van der Waals surface area contributed by atoms with Crippen LogP contribution in [0.1, 0.15) is 43.7 Å². The number of hydrogen-bond acceptors (Lipinski definition) is 7. The van der Waals surface area contributed by atoms with E-state index in [1.54, 1.807) is 0 Å². The smallest absolute Gasteiger partial charge is 0.0691 e. The maximum Gasteiger partial charge on any atom is 0.0691 e. The first kappa shape index (κ1) is 30.4. The first-order valence-corrected chi connectivity index (χ1v) is 13.2. The molecule has 2 aromatic carbocycles. The van der Waals surface area contributed by atoms with Crippen LogP contribution in [0.2, 0.25) is 0 Å². The lowest BCUT2D eigenvalue weighted by Gasteiger charge is -2.29. The number of nitrogens with zero attached hydrogens (tertiary/aromatic N) is 1. The molecular formula is C29H46N2O5. The van der Waals surface area contributed by atoms with Crippen LogP contribution in [0, 0.1) is 5.92 Å². The van der Waals surface area contributed by atoms with Crippen molar-refractivity contribution in [2.45, 2.75) is 63.8 Å². The second-order valence-corrected chi connectivity index (χ2v) is 10.0. The highest BCUT2D eigenvalue weighted by Gasteiger charge is 2.19. The highest BCUT2D eigenvalue weighted by molar-refractivity contribution is 5.64. The zero-order valence-electron chi connectivity index (χ0n) is 21.7. The third-order valence-electron chi connectivity index (χ3n) is 6.63. The standard InChI is InChI=1S/C29H46N2O5/c1-22(12-16-32)18-28(35)20-31(21-29(36)19-27(34)13-17-33)15-11-24-4-8-26(9-5-24)25-6-2-23(3-7-25)10-14-30/h2-9,22,27-29,32-36H,10-21,30H2,1H3. The average molecular weight is 503 g/mol. The lowest BCUT2D eigenvalue weighted by atomic mass is 9.99. The van der Waals surface area contributed by atoms with E-state index in [1.165, 1.54) is 11.1 Å². The van der Waals surface area contributed by atoms with Gasteiger partial charge in [-0.25, -0.2) is 0 Å². The van der Waals surface area contributed by atoms with Gasteiger partial charge >= 0.3 is 0 Å². The zero-order valence-corrected chi connectivity index (χ0v) is 21.7. The Morgan fingerprint density at radius 3 is 1.69 bits per heavy atom. The third kappa shape index (κ3) is 11.5. The Morgan fingerprint density at radius 2 is 1.19 bits per heavy atom. The van der Waals surface area contributed by atoms with Gasteiger partial charge in [-0.15, -0.1) is 0 Å². The summed E-state index contributed by atoms with van der Waals surface area (Å²) in [6.45, 7) is 4.05. The van der Waals surface area contributed by atoms with Gasteiger partial charge in [0.1, 0.15) is 0 Å². The maximum absolute atomic E-state index is 10.6. The van der Waals surface area contributed by atoms with Gasteiger partial charge in [-0.2, -0.15) is 0 Å². The van der Waals surface area contributed by atoms with E-state index in [1.807, 2.05) is 11.8 Å². The summed E-state index contributed by atoms with van der Waals surface area (Å²) in [4.78, 5) is 2.04. The van der Waals surface area contributed by atoms with Crippen molar-refractivity contribution in [2.24, 2.45) is 11.7 Å². The normalized spacial score (nSPS) is 15.1. The Balaban J connectivity index is 1.98. The second-order valence-electron chi connectivity index (χ2n) is 10.0. The van der Waals surface area contributed by atoms with Crippen molar-refractivity contribution in [1.82, 2.24) is 4.90 Å². The van der Waals surface area contributed by atoms with Crippen LogP contribution in [0.4, 0.5) is 0 Å². The maximum atomic E-state index is 10.6. The lowest BCUT2D eigenvalue weighted by molar-refractivity contribution is 0.0274. The van der Waals surface area contributed by atoms with Crippen molar-refractivity contribution in [3.8, 4) is 11.1 Å². The van der Waals surface area contributed by atoms with Crippen LogP contribution in [0.3, 0.4) is 0 Å². The van der Waals surface area contributed by atoms with Gasteiger partial charge in [0, 0.05) is 39.3 Å². The van der Waals surface area contributed by atoms with E-state index in [-0.39, 0.29) is 32.0 Å². The van der Waals surface area contributed by atoms with Crippen LogP contribution >= 0.6 is 0 Å². The number of nitrogens with two attached hydrogens (primary N) is 1. The molecule has 0 heterocycles. The fraction of sp³-hybridized carbons (Fsp3) is 0.586. The Labute approximate surface area is 216 Å². The van der Waals surface area contributed by atoms with Gasteiger partial charge in [0.15, 0.2) is 0 Å². The molecule has 0 radical (unpaired) electrons. The fourth-order valence-electron chi connectivity index (χ4n) is 4.57. The molecule has 0 saturated carbocycles. The topological polar surface area (TPSA) is 130 Å². The van der Waals surface area contributed by atoms with E-state index >= 15 is 0 Å². The molecule has 7 N–H and O–H groups in total. The summed E-state index contributed by atoms with van der Waals surface area (Å²) in [7, 11) is 0. The van der Waals surface area contributed by atoms with Crippen molar-refractivity contribution in [2.75, 3.05) is 39.4 Å². The second kappa shape index (κ2) is 16.8. The number of aliphatic hydroxyl groups is 5. The summed E-state index contributed by atoms with van der Waals surface area (Å²) >= 11 is 0. The minimum Gasteiger partial charge on any atom is -0.396 e. The Kier molecular flexibility index (Phi) is 14.2. The number of benzene rings is 2. The number of rotatable bonds is 18. The van der Waals surface area contributed by atoms with E-state index in [0.717, 1.165) is 24.0 Å². The first-order valence-electron chi connectivity index (χ1n) is 13.2. The van der Waals surface area contributed by atoms with Gasteiger partial charge in [-0.1, -0.05) is 55.5 Å². The quantitative estimate of drug-likeness (QED) is 0.184. The van der Waals surface area contributed by atoms with Gasteiger partial charge in [0.05, 0.1) is 18.3 Å². The molecule has 0 bridgehead atoms. The van der Waals surface area contributed by atoms with Crippen LogP contribution in [-0.4, -0.2) is 88.1 Å². The summed E-state index contributed by atoms with van der Waals surface area (Å²) in [5.41, 5.74) is 10.3. The van der Waals surface area contributed by atoms with Gasteiger partial charge in [-0.05, 0) is 66.8 Å². The predicted octanol–water partition coefficient (Wildman–Crippen LogP) is 1.96. The Hall–Kier alpha value is -1.84. The van der Waals surface area contributed by atoms with E-state index in [0.29, 0.717) is 39.0 Å². The van der Waals surface area contributed by atoms with Crippen LogP contribution < -0.4 is 5.73 Å². The molecular weight excluding hydrogens is 456 g/mol. The average Bonchev–Trinajstić information content (AvgIpc) is 2.83. The van der Waals surface area contributed by atoms with Gasteiger partial charge in [0.25, 0.3) is 0 Å². The van der Waals surface area contributed by atoms with Crippen molar-refractivity contribution < 1.29 is 25.5 Å². The molecule has 0 aliphatic carbocycles. The molecule has 7 heteroatoms. The van der Waals surface area contributed by atoms with Gasteiger partial charge in [0.2, 0.25) is 0 Å². The van der Waals surface area contributed by atoms with E-state index < -0.39 is 18.3 Å². The van der Waals surface area contributed by atoms with Gasteiger partial charge < -0.3 is 31.3 Å². The fourth-order valence-corrected chi connectivity index (χ4v) is 4.57. The van der Waals surface area contributed by atoms with E-state index in [2.05, 4.69) is 48.5 Å². The molecule has 7 nitrogen and oxygen atoms in total. The molecule has 4 atom stereocenters. The molecule has 202 valence electrons.